The molecule has 0 aliphatic carbocycles. The number of fused-ring (bicyclic) bond motifs is 1. The molecule has 1 amide bonds. The summed E-state index contributed by atoms with van der Waals surface area (Å²) in [6, 6.07) is 7.60. The van der Waals surface area contributed by atoms with Crippen molar-refractivity contribution < 1.29 is 4.79 Å². The topological polar surface area (TPSA) is 92.2 Å². The number of hydrogen-bond acceptors (Lipinski definition) is 6. The van der Waals surface area contributed by atoms with E-state index < -0.39 is 0 Å². The second-order valence-corrected chi connectivity index (χ2v) is 9.05. The Balaban J connectivity index is 1.61. The van der Waals surface area contributed by atoms with E-state index in [1.807, 2.05) is 24.3 Å². The molecular formula is C24H29ClN6O2. The molecule has 0 bridgehead atoms. The highest BCUT2D eigenvalue weighted by Crippen LogP contribution is 2.28. The van der Waals surface area contributed by atoms with Crippen LogP contribution in [0.3, 0.4) is 0 Å². The minimum Gasteiger partial charge on any atom is -0.359 e. The average molecular weight is 469 g/mol. The summed E-state index contributed by atoms with van der Waals surface area (Å²) < 4.78 is 1.62. The summed E-state index contributed by atoms with van der Waals surface area (Å²) in [4.78, 5) is 35.6. The number of nitrogens with one attached hydrogen (secondary N) is 2. The zero-order chi connectivity index (χ0) is 23.5. The first-order valence-corrected chi connectivity index (χ1v) is 11.6. The number of rotatable bonds is 6. The highest BCUT2D eigenvalue weighted by Gasteiger charge is 2.19. The maximum absolute atomic E-state index is 12.7. The van der Waals surface area contributed by atoms with E-state index in [-0.39, 0.29) is 17.9 Å². The smallest absolute Gasteiger partial charge is 0.253 e. The number of aryl methyl sites for hydroxylation is 2. The van der Waals surface area contributed by atoms with Crippen LogP contribution in [0.5, 0.6) is 0 Å². The summed E-state index contributed by atoms with van der Waals surface area (Å²) >= 11 is 6.39. The molecule has 0 saturated carbocycles. The van der Waals surface area contributed by atoms with Crippen LogP contribution < -0.4 is 21.1 Å². The Bertz CT molecular complexity index is 1230. The van der Waals surface area contributed by atoms with E-state index in [1.54, 1.807) is 24.9 Å². The van der Waals surface area contributed by atoms with Crippen molar-refractivity contribution in [2.24, 2.45) is 13.0 Å². The molecule has 0 atom stereocenters. The molecule has 1 aliphatic heterocycles. The quantitative estimate of drug-likeness (QED) is 0.573. The van der Waals surface area contributed by atoms with Crippen molar-refractivity contribution in [3.8, 4) is 0 Å². The summed E-state index contributed by atoms with van der Waals surface area (Å²) in [7, 11) is 3.34. The Morgan fingerprint density at radius 1 is 1.24 bits per heavy atom. The van der Waals surface area contributed by atoms with Gasteiger partial charge in [-0.05, 0) is 49.4 Å². The zero-order valence-electron chi connectivity index (χ0n) is 19.2. The number of aromatic nitrogens is 3. The Labute approximate surface area is 198 Å². The highest BCUT2D eigenvalue weighted by atomic mass is 35.5. The van der Waals surface area contributed by atoms with Gasteiger partial charge in [-0.3, -0.25) is 9.59 Å². The number of carbonyl (C=O) groups excluding carboxylic acids is 1. The number of amides is 1. The van der Waals surface area contributed by atoms with Gasteiger partial charge in [0, 0.05) is 50.2 Å². The average Bonchev–Trinajstić information content (AvgIpc) is 2.82. The van der Waals surface area contributed by atoms with E-state index in [1.165, 1.54) is 0 Å². The second kappa shape index (κ2) is 9.79. The van der Waals surface area contributed by atoms with Crippen molar-refractivity contribution in [2.75, 3.05) is 30.4 Å². The van der Waals surface area contributed by atoms with E-state index in [0.29, 0.717) is 28.8 Å². The molecule has 2 N–H and O–H groups in total. The maximum atomic E-state index is 12.7. The van der Waals surface area contributed by atoms with Crippen LogP contribution in [0.4, 0.5) is 17.5 Å². The van der Waals surface area contributed by atoms with Crippen LogP contribution in [0.2, 0.25) is 5.02 Å². The molecular weight excluding hydrogens is 440 g/mol. The molecule has 8 nitrogen and oxygen atoms in total. The van der Waals surface area contributed by atoms with Gasteiger partial charge in [0.25, 0.3) is 5.56 Å². The third-order valence-electron chi connectivity index (χ3n) is 6.26. The second-order valence-electron chi connectivity index (χ2n) is 8.64. The fraction of sp³-hybridized carbons (Fsp3) is 0.417. The Morgan fingerprint density at radius 2 is 2.00 bits per heavy atom. The predicted molar refractivity (Wildman–Crippen MR) is 133 cm³/mol. The third kappa shape index (κ3) is 5.11. The minimum atomic E-state index is -0.0927. The third-order valence-corrected chi connectivity index (χ3v) is 6.54. The van der Waals surface area contributed by atoms with Gasteiger partial charge in [0.15, 0.2) is 5.82 Å². The minimum absolute atomic E-state index is 0.0913. The molecule has 1 aromatic carbocycles. The van der Waals surface area contributed by atoms with E-state index in [0.717, 1.165) is 48.4 Å². The van der Waals surface area contributed by atoms with Crippen LogP contribution in [0, 0.1) is 5.92 Å². The normalized spacial score (nSPS) is 14.5. The molecule has 4 rings (SSSR count). The number of piperidine rings is 1. The Morgan fingerprint density at radius 3 is 2.73 bits per heavy atom. The number of anilines is 3. The fourth-order valence-electron chi connectivity index (χ4n) is 4.12. The lowest BCUT2D eigenvalue weighted by Crippen LogP contribution is -2.34. The molecule has 9 heteroatoms. The first-order valence-electron chi connectivity index (χ1n) is 11.2. The van der Waals surface area contributed by atoms with Gasteiger partial charge in [-0.25, -0.2) is 4.98 Å². The van der Waals surface area contributed by atoms with Crippen LogP contribution in [0.1, 0.15) is 31.7 Å². The molecule has 0 unspecified atom stereocenters. The highest BCUT2D eigenvalue weighted by molar-refractivity contribution is 6.32. The summed E-state index contributed by atoms with van der Waals surface area (Å²) in [5.41, 5.74) is 2.13. The number of carbonyl (C=O) groups is 1. The lowest BCUT2D eigenvalue weighted by molar-refractivity contribution is -0.120. The molecule has 33 heavy (non-hydrogen) atoms. The monoisotopic (exact) mass is 468 g/mol. The van der Waals surface area contributed by atoms with Crippen molar-refractivity contribution in [3.05, 3.63) is 51.4 Å². The van der Waals surface area contributed by atoms with E-state index in [4.69, 9.17) is 11.6 Å². The van der Waals surface area contributed by atoms with Crippen molar-refractivity contribution in [1.29, 1.82) is 0 Å². The predicted octanol–water partition coefficient (Wildman–Crippen LogP) is 3.64. The summed E-state index contributed by atoms with van der Waals surface area (Å²) in [5, 5.41) is 7.23. The molecule has 3 heterocycles. The van der Waals surface area contributed by atoms with Crippen molar-refractivity contribution in [1.82, 2.24) is 19.9 Å². The standard InChI is InChI=1S/C24H29ClN6O2/c1-15-8-10-31(11-9-15)24-27-14-19(25)22(29-24)28-18-5-6-20-17(13-18)12-16(23(33)30(20)3)4-7-21(32)26-2/h5-6,12-15H,4,7-11H2,1-3H3,(H,26,32)(H,27,28,29). The van der Waals surface area contributed by atoms with Gasteiger partial charge in [0.1, 0.15) is 5.02 Å². The van der Waals surface area contributed by atoms with Gasteiger partial charge in [0.2, 0.25) is 11.9 Å². The lowest BCUT2D eigenvalue weighted by atomic mass is 10.00. The molecule has 0 radical (unpaired) electrons. The zero-order valence-corrected chi connectivity index (χ0v) is 19.9. The van der Waals surface area contributed by atoms with Crippen LogP contribution in [0.25, 0.3) is 10.9 Å². The van der Waals surface area contributed by atoms with Gasteiger partial charge in [-0.2, -0.15) is 4.98 Å². The van der Waals surface area contributed by atoms with Gasteiger partial charge in [0.05, 0.1) is 11.7 Å². The molecule has 1 fully saturated rings. The van der Waals surface area contributed by atoms with E-state index >= 15 is 0 Å². The summed E-state index contributed by atoms with van der Waals surface area (Å²) in [6.07, 6.45) is 4.53. The number of halogens is 1. The van der Waals surface area contributed by atoms with E-state index in [2.05, 4.69) is 32.4 Å². The van der Waals surface area contributed by atoms with Gasteiger partial charge in [-0.1, -0.05) is 18.5 Å². The SMILES string of the molecule is CNC(=O)CCc1cc2cc(Nc3nc(N4CCC(C)CC4)ncc3Cl)ccc2n(C)c1=O. The Kier molecular flexibility index (Phi) is 6.83. The fourth-order valence-corrected chi connectivity index (χ4v) is 4.26. The maximum Gasteiger partial charge on any atom is 0.253 e. The number of pyridine rings is 1. The summed E-state index contributed by atoms with van der Waals surface area (Å²) in [5.74, 6) is 1.85. The van der Waals surface area contributed by atoms with Crippen LogP contribution in [-0.4, -0.2) is 40.6 Å². The number of benzene rings is 1. The molecule has 2 aromatic heterocycles. The molecule has 1 saturated heterocycles. The number of hydrogen-bond donors (Lipinski definition) is 2. The van der Waals surface area contributed by atoms with Crippen LogP contribution in [0.15, 0.2) is 35.3 Å². The largest absolute Gasteiger partial charge is 0.359 e. The van der Waals surface area contributed by atoms with Gasteiger partial charge >= 0.3 is 0 Å². The van der Waals surface area contributed by atoms with Crippen LogP contribution in [-0.2, 0) is 18.3 Å². The first-order chi connectivity index (χ1) is 15.9. The van der Waals surface area contributed by atoms with Crippen molar-refractivity contribution in [3.63, 3.8) is 0 Å². The molecule has 174 valence electrons. The summed E-state index contributed by atoms with van der Waals surface area (Å²) in [6.45, 7) is 4.14. The lowest BCUT2D eigenvalue weighted by Gasteiger charge is -2.30. The first kappa shape index (κ1) is 23.0. The van der Waals surface area contributed by atoms with Crippen LogP contribution >= 0.6 is 11.6 Å². The van der Waals surface area contributed by atoms with Gasteiger partial charge < -0.3 is 20.1 Å². The molecule has 1 aliphatic rings. The molecule has 3 aromatic rings. The van der Waals surface area contributed by atoms with E-state index in [9.17, 15) is 9.59 Å². The van der Waals surface area contributed by atoms with Crippen molar-refractivity contribution in [2.45, 2.75) is 32.6 Å². The Hall–Kier alpha value is -3.13. The van der Waals surface area contributed by atoms with Gasteiger partial charge in [-0.15, -0.1) is 0 Å². The van der Waals surface area contributed by atoms with Crippen molar-refractivity contribution >= 4 is 45.9 Å². The molecule has 0 spiro atoms. The number of nitrogens with zero attached hydrogens (tertiary/aromatic N) is 4.